The molecular formula is C9H17N3. The monoisotopic (exact) mass is 167 g/mol. The smallest absolute Gasteiger partial charge is 0.0910 e. The molecule has 68 valence electrons. The first-order chi connectivity index (χ1) is 5.55. The van der Waals surface area contributed by atoms with E-state index in [0.717, 1.165) is 24.2 Å². The van der Waals surface area contributed by atoms with E-state index in [1.54, 1.807) is 0 Å². The van der Waals surface area contributed by atoms with Gasteiger partial charge in [0.1, 0.15) is 0 Å². The van der Waals surface area contributed by atoms with Crippen LogP contribution < -0.4 is 0 Å². The summed E-state index contributed by atoms with van der Waals surface area (Å²) in [6.45, 7) is 8.62. The van der Waals surface area contributed by atoms with Gasteiger partial charge < -0.3 is 0 Å². The van der Waals surface area contributed by atoms with Crippen LogP contribution in [-0.4, -0.2) is 15.4 Å². The first-order valence-electron chi connectivity index (χ1n) is 4.46. The molecule has 1 N–H and O–H groups in total. The summed E-state index contributed by atoms with van der Waals surface area (Å²) >= 11 is 0. The molecule has 0 fully saturated rings. The number of nitrogens with one attached hydrogen (secondary N) is 1. The summed E-state index contributed by atoms with van der Waals surface area (Å²) in [6, 6.07) is 0. The largest absolute Gasteiger partial charge is 0.197 e. The second kappa shape index (κ2) is 3.25. The molecule has 0 unspecified atom stereocenters. The standard InChI is InChI=1S/C9H17N3/c1-5-6-7-8(9(2,3)4)11-12-10-7/h5-6H2,1-4H3,(H,10,11,12). The Morgan fingerprint density at radius 2 is 1.92 bits per heavy atom. The average Bonchev–Trinajstić information content (AvgIpc) is 2.34. The molecular weight excluding hydrogens is 150 g/mol. The quantitative estimate of drug-likeness (QED) is 0.732. The summed E-state index contributed by atoms with van der Waals surface area (Å²) in [6.07, 6.45) is 2.14. The lowest BCUT2D eigenvalue weighted by molar-refractivity contribution is 0.559. The Morgan fingerprint density at radius 1 is 1.25 bits per heavy atom. The van der Waals surface area contributed by atoms with E-state index in [4.69, 9.17) is 0 Å². The van der Waals surface area contributed by atoms with Gasteiger partial charge in [0.25, 0.3) is 0 Å². The first-order valence-corrected chi connectivity index (χ1v) is 4.46. The van der Waals surface area contributed by atoms with Crippen LogP contribution in [0.2, 0.25) is 0 Å². The lowest BCUT2D eigenvalue weighted by atomic mass is 9.90. The third kappa shape index (κ3) is 1.84. The number of rotatable bonds is 2. The molecule has 0 aliphatic carbocycles. The molecule has 0 aromatic carbocycles. The Kier molecular flexibility index (Phi) is 2.50. The highest BCUT2D eigenvalue weighted by atomic mass is 15.3. The van der Waals surface area contributed by atoms with Crippen molar-refractivity contribution >= 4 is 0 Å². The molecule has 1 aromatic heterocycles. The number of H-pyrrole nitrogens is 1. The van der Waals surface area contributed by atoms with E-state index >= 15 is 0 Å². The Labute approximate surface area is 73.6 Å². The number of aromatic nitrogens is 3. The van der Waals surface area contributed by atoms with Crippen molar-refractivity contribution in [2.45, 2.75) is 46.0 Å². The first kappa shape index (κ1) is 9.23. The van der Waals surface area contributed by atoms with Gasteiger partial charge in [-0.05, 0) is 6.42 Å². The zero-order valence-electron chi connectivity index (χ0n) is 8.31. The van der Waals surface area contributed by atoms with Gasteiger partial charge in [-0.15, -0.1) is 0 Å². The fourth-order valence-electron chi connectivity index (χ4n) is 1.26. The molecule has 3 heteroatoms. The van der Waals surface area contributed by atoms with Crippen LogP contribution in [0.3, 0.4) is 0 Å². The van der Waals surface area contributed by atoms with Gasteiger partial charge in [-0.1, -0.05) is 34.1 Å². The van der Waals surface area contributed by atoms with E-state index in [1.165, 1.54) is 0 Å². The fraction of sp³-hybridized carbons (Fsp3) is 0.778. The molecule has 0 saturated carbocycles. The fourth-order valence-corrected chi connectivity index (χ4v) is 1.26. The average molecular weight is 167 g/mol. The molecule has 12 heavy (non-hydrogen) atoms. The Morgan fingerprint density at radius 3 is 2.42 bits per heavy atom. The van der Waals surface area contributed by atoms with Crippen LogP contribution in [0.15, 0.2) is 0 Å². The highest BCUT2D eigenvalue weighted by molar-refractivity contribution is 5.17. The molecule has 0 amide bonds. The maximum absolute atomic E-state index is 4.17. The highest BCUT2D eigenvalue weighted by Gasteiger charge is 2.21. The number of nitrogens with zero attached hydrogens (tertiary/aromatic N) is 2. The number of hydrogen-bond donors (Lipinski definition) is 1. The van der Waals surface area contributed by atoms with Crippen molar-refractivity contribution in [2.75, 3.05) is 0 Å². The van der Waals surface area contributed by atoms with E-state index < -0.39 is 0 Å². The molecule has 0 spiro atoms. The second-order valence-electron chi connectivity index (χ2n) is 4.12. The topological polar surface area (TPSA) is 41.6 Å². The molecule has 0 aliphatic heterocycles. The molecule has 1 rings (SSSR count). The van der Waals surface area contributed by atoms with Gasteiger partial charge >= 0.3 is 0 Å². The van der Waals surface area contributed by atoms with Crippen LogP contribution in [0.1, 0.15) is 45.5 Å². The zero-order chi connectivity index (χ0) is 9.19. The van der Waals surface area contributed by atoms with Crippen LogP contribution >= 0.6 is 0 Å². The SMILES string of the molecule is CCCc1n[nH]nc1C(C)(C)C. The summed E-state index contributed by atoms with van der Waals surface area (Å²) in [5.41, 5.74) is 2.33. The summed E-state index contributed by atoms with van der Waals surface area (Å²) in [5, 5.41) is 11.0. The van der Waals surface area contributed by atoms with E-state index in [0.29, 0.717) is 0 Å². The molecule has 0 aliphatic rings. The van der Waals surface area contributed by atoms with Crippen molar-refractivity contribution in [2.24, 2.45) is 0 Å². The van der Waals surface area contributed by atoms with Crippen molar-refractivity contribution in [3.63, 3.8) is 0 Å². The van der Waals surface area contributed by atoms with Crippen molar-refractivity contribution in [3.8, 4) is 0 Å². The summed E-state index contributed by atoms with van der Waals surface area (Å²) < 4.78 is 0. The number of hydrogen-bond acceptors (Lipinski definition) is 2. The van der Waals surface area contributed by atoms with Crippen LogP contribution in [-0.2, 0) is 11.8 Å². The summed E-state index contributed by atoms with van der Waals surface area (Å²) in [5.74, 6) is 0. The molecule has 1 aromatic rings. The van der Waals surface area contributed by atoms with Gasteiger partial charge in [0.15, 0.2) is 0 Å². The molecule has 0 atom stereocenters. The van der Waals surface area contributed by atoms with Crippen molar-refractivity contribution in [1.29, 1.82) is 0 Å². The van der Waals surface area contributed by atoms with Gasteiger partial charge in [-0.2, -0.15) is 15.4 Å². The van der Waals surface area contributed by atoms with Gasteiger partial charge in [-0.3, -0.25) is 0 Å². The molecule has 1 heterocycles. The van der Waals surface area contributed by atoms with Gasteiger partial charge in [0, 0.05) is 5.41 Å². The molecule has 3 nitrogen and oxygen atoms in total. The van der Waals surface area contributed by atoms with Gasteiger partial charge in [-0.25, -0.2) is 0 Å². The summed E-state index contributed by atoms with van der Waals surface area (Å²) in [4.78, 5) is 0. The van der Waals surface area contributed by atoms with Crippen LogP contribution in [0, 0.1) is 0 Å². The Bertz CT molecular complexity index is 245. The molecule has 0 bridgehead atoms. The maximum Gasteiger partial charge on any atom is 0.0910 e. The zero-order valence-corrected chi connectivity index (χ0v) is 8.31. The van der Waals surface area contributed by atoms with Crippen molar-refractivity contribution in [1.82, 2.24) is 15.4 Å². The van der Waals surface area contributed by atoms with E-state index in [1.807, 2.05) is 0 Å². The van der Waals surface area contributed by atoms with Crippen LogP contribution in [0.25, 0.3) is 0 Å². The second-order valence-corrected chi connectivity index (χ2v) is 4.12. The van der Waals surface area contributed by atoms with E-state index in [9.17, 15) is 0 Å². The summed E-state index contributed by atoms with van der Waals surface area (Å²) in [7, 11) is 0. The van der Waals surface area contributed by atoms with Crippen molar-refractivity contribution in [3.05, 3.63) is 11.4 Å². The lowest BCUT2D eigenvalue weighted by Crippen LogP contribution is -2.14. The Hall–Kier alpha value is -0.860. The minimum absolute atomic E-state index is 0.109. The minimum Gasteiger partial charge on any atom is -0.197 e. The van der Waals surface area contributed by atoms with Crippen LogP contribution in [0.4, 0.5) is 0 Å². The predicted molar refractivity (Wildman–Crippen MR) is 49.1 cm³/mol. The predicted octanol–water partition coefficient (Wildman–Crippen LogP) is 2.05. The molecule has 0 saturated heterocycles. The minimum atomic E-state index is 0.109. The highest BCUT2D eigenvalue weighted by Crippen LogP contribution is 2.22. The van der Waals surface area contributed by atoms with Crippen LogP contribution in [0.5, 0.6) is 0 Å². The lowest BCUT2D eigenvalue weighted by Gasteiger charge is -2.15. The third-order valence-electron chi connectivity index (χ3n) is 1.82. The van der Waals surface area contributed by atoms with E-state index in [2.05, 4.69) is 43.1 Å². The number of aromatic amines is 1. The van der Waals surface area contributed by atoms with Gasteiger partial charge in [0.05, 0.1) is 11.4 Å². The van der Waals surface area contributed by atoms with E-state index in [-0.39, 0.29) is 5.41 Å². The van der Waals surface area contributed by atoms with Gasteiger partial charge in [0.2, 0.25) is 0 Å². The normalized spacial score (nSPS) is 12.0. The third-order valence-corrected chi connectivity index (χ3v) is 1.82. The van der Waals surface area contributed by atoms with Crippen molar-refractivity contribution < 1.29 is 0 Å². The number of aryl methyl sites for hydroxylation is 1. The Balaban J connectivity index is 2.91. The molecule has 0 radical (unpaired) electrons. The maximum atomic E-state index is 4.17.